The summed E-state index contributed by atoms with van der Waals surface area (Å²) in [4.78, 5) is 10.1. The molecule has 0 amide bonds. The van der Waals surface area contributed by atoms with E-state index < -0.39 is 27.4 Å². The molecule has 9 heteroatoms. The highest BCUT2D eigenvalue weighted by Crippen LogP contribution is 2.40. The Hall–Kier alpha value is -1.54. The maximum Gasteiger partial charge on any atom is 0.418 e. The number of hydrogen-bond donors (Lipinski definition) is 1. The Morgan fingerprint density at radius 1 is 1.48 bits per heavy atom. The molecule has 1 aromatic carbocycles. The van der Waals surface area contributed by atoms with E-state index >= 15 is 0 Å². The van der Waals surface area contributed by atoms with Gasteiger partial charge in [0.25, 0.3) is 5.69 Å². The Morgan fingerprint density at radius 2 is 2.10 bits per heavy atom. The quantitative estimate of drug-likeness (QED) is 0.677. The van der Waals surface area contributed by atoms with Crippen LogP contribution >= 0.6 is 11.6 Å². The van der Waals surface area contributed by atoms with Crippen molar-refractivity contribution in [2.24, 2.45) is 5.41 Å². The Bertz CT molecular complexity index is 574. The van der Waals surface area contributed by atoms with Crippen molar-refractivity contribution >= 4 is 23.0 Å². The fourth-order valence-electron chi connectivity index (χ4n) is 1.93. The molecule has 2 rings (SSSR count). The largest absolute Gasteiger partial charge is 0.418 e. The van der Waals surface area contributed by atoms with Crippen LogP contribution in [-0.2, 0) is 10.9 Å². The van der Waals surface area contributed by atoms with Gasteiger partial charge < -0.3 is 10.1 Å². The van der Waals surface area contributed by atoms with E-state index in [1.165, 1.54) is 0 Å². The molecule has 0 saturated carbocycles. The van der Waals surface area contributed by atoms with Gasteiger partial charge in [0.2, 0.25) is 0 Å². The van der Waals surface area contributed by atoms with Gasteiger partial charge in [0.1, 0.15) is 5.69 Å². The molecule has 0 unspecified atom stereocenters. The predicted molar refractivity (Wildman–Crippen MR) is 70.5 cm³/mol. The lowest BCUT2D eigenvalue weighted by Gasteiger charge is -2.38. The molecule has 0 atom stereocenters. The molecule has 1 aliphatic rings. The van der Waals surface area contributed by atoms with Gasteiger partial charge >= 0.3 is 6.18 Å². The number of ether oxygens (including phenoxy) is 1. The average Bonchev–Trinajstić information content (AvgIpc) is 2.32. The van der Waals surface area contributed by atoms with Gasteiger partial charge in [-0.25, -0.2) is 0 Å². The predicted octanol–water partition coefficient (Wildman–Crippen LogP) is 3.72. The number of benzene rings is 1. The summed E-state index contributed by atoms with van der Waals surface area (Å²) in [5.41, 5.74) is -2.11. The molecule has 0 radical (unpaired) electrons. The number of nitrogens with zero attached hydrogens (tertiary/aromatic N) is 1. The Labute approximate surface area is 123 Å². The van der Waals surface area contributed by atoms with Gasteiger partial charge in [0, 0.05) is 18.0 Å². The number of hydrogen-bond acceptors (Lipinski definition) is 4. The van der Waals surface area contributed by atoms with Gasteiger partial charge in [0.05, 0.1) is 28.7 Å². The van der Waals surface area contributed by atoms with Crippen LogP contribution in [0.2, 0.25) is 5.02 Å². The average molecular weight is 325 g/mol. The van der Waals surface area contributed by atoms with E-state index in [1.54, 1.807) is 0 Å². The van der Waals surface area contributed by atoms with E-state index in [1.807, 2.05) is 6.92 Å². The molecule has 1 heterocycles. The number of rotatable bonds is 4. The molecule has 21 heavy (non-hydrogen) atoms. The van der Waals surface area contributed by atoms with Crippen LogP contribution in [0.4, 0.5) is 24.5 Å². The van der Waals surface area contributed by atoms with Gasteiger partial charge in [-0.15, -0.1) is 0 Å². The van der Waals surface area contributed by atoms with Crippen molar-refractivity contribution in [3.8, 4) is 0 Å². The first kappa shape index (κ1) is 15.8. The lowest BCUT2D eigenvalue weighted by Crippen LogP contribution is -2.45. The van der Waals surface area contributed by atoms with Crippen molar-refractivity contribution < 1.29 is 22.8 Å². The summed E-state index contributed by atoms with van der Waals surface area (Å²) in [6.07, 6.45) is -4.74. The molecule has 0 bridgehead atoms. The van der Waals surface area contributed by atoms with E-state index in [9.17, 15) is 23.3 Å². The van der Waals surface area contributed by atoms with Crippen LogP contribution < -0.4 is 5.32 Å². The normalized spacial score (nSPS) is 17.2. The second-order valence-electron chi connectivity index (χ2n) is 5.26. The molecular formula is C12H12ClF3N2O3. The molecule has 1 aliphatic heterocycles. The minimum absolute atomic E-state index is 0.0360. The van der Waals surface area contributed by atoms with Gasteiger partial charge in [-0.2, -0.15) is 13.2 Å². The first-order chi connectivity index (χ1) is 9.62. The molecule has 5 nitrogen and oxygen atoms in total. The summed E-state index contributed by atoms with van der Waals surface area (Å²) in [6, 6.07) is 1.38. The standard InChI is InChI=1S/C12H12ClF3N2O3/c1-11(5-21-6-11)4-17-9-3-8(13)7(12(14,15)16)2-10(9)18(19)20/h2-3,17H,4-6H2,1H3. The monoisotopic (exact) mass is 324 g/mol. The summed E-state index contributed by atoms with van der Waals surface area (Å²) >= 11 is 5.58. The van der Waals surface area contributed by atoms with E-state index in [2.05, 4.69) is 5.32 Å². The zero-order valence-electron chi connectivity index (χ0n) is 11.0. The van der Waals surface area contributed by atoms with Gasteiger partial charge in [0.15, 0.2) is 0 Å². The van der Waals surface area contributed by atoms with Crippen LogP contribution in [0, 0.1) is 15.5 Å². The molecule has 1 N–H and O–H groups in total. The molecule has 0 spiro atoms. The molecular weight excluding hydrogens is 313 g/mol. The topological polar surface area (TPSA) is 64.4 Å². The number of halogens is 4. The van der Waals surface area contributed by atoms with Crippen molar-refractivity contribution in [3.05, 3.63) is 32.8 Å². The van der Waals surface area contributed by atoms with Crippen LogP contribution in [0.1, 0.15) is 12.5 Å². The summed E-state index contributed by atoms with van der Waals surface area (Å²) in [7, 11) is 0. The molecule has 1 aromatic rings. The van der Waals surface area contributed by atoms with Crippen LogP contribution in [0.15, 0.2) is 12.1 Å². The Balaban J connectivity index is 2.31. The number of nitro benzene ring substituents is 1. The third-order valence-electron chi connectivity index (χ3n) is 3.19. The molecule has 0 aromatic heterocycles. The second kappa shape index (κ2) is 5.34. The highest BCUT2D eigenvalue weighted by atomic mass is 35.5. The summed E-state index contributed by atoms with van der Waals surface area (Å²) in [6.45, 7) is 3.22. The smallest absolute Gasteiger partial charge is 0.380 e. The number of alkyl halides is 3. The highest BCUT2D eigenvalue weighted by Gasteiger charge is 2.37. The van der Waals surface area contributed by atoms with E-state index in [-0.39, 0.29) is 11.1 Å². The maximum absolute atomic E-state index is 12.7. The first-order valence-electron chi connectivity index (χ1n) is 5.99. The highest BCUT2D eigenvalue weighted by molar-refractivity contribution is 6.31. The molecule has 1 saturated heterocycles. The van der Waals surface area contributed by atoms with Crippen LogP contribution in [0.3, 0.4) is 0 Å². The van der Waals surface area contributed by atoms with E-state index in [4.69, 9.17) is 16.3 Å². The van der Waals surface area contributed by atoms with Crippen LogP contribution in [-0.4, -0.2) is 24.7 Å². The maximum atomic E-state index is 12.7. The summed E-state index contributed by atoms with van der Waals surface area (Å²) in [5.74, 6) is 0. The number of nitrogens with one attached hydrogen (secondary N) is 1. The second-order valence-corrected chi connectivity index (χ2v) is 5.67. The zero-order valence-corrected chi connectivity index (χ0v) is 11.7. The molecule has 0 aliphatic carbocycles. The lowest BCUT2D eigenvalue weighted by atomic mass is 9.88. The fraction of sp³-hybridized carbons (Fsp3) is 0.500. The van der Waals surface area contributed by atoms with Crippen LogP contribution in [0.25, 0.3) is 0 Å². The SMILES string of the molecule is CC1(CNc2cc(Cl)c(C(F)(F)F)cc2[N+](=O)[O-])COC1. The Kier molecular flexibility index (Phi) is 4.03. The Morgan fingerprint density at radius 3 is 2.52 bits per heavy atom. The first-order valence-corrected chi connectivity index (χ1v) is 6.37. The third-order valence-corrected chi connectivity index (χ3v) is 3.51. The van der Waals surface area contributed by atoms with Gasteiger partial charge in [-0.1, -0.05) is 18.5 Å². The van der Waals surface area contributed by atoms with Crippen molar-refractivity contribution in [2.45, 2.75) is 13.1 Å². The number of anilines is 1. The minimum atomic E-state index is -4.74. The van der Waals surface area contributed by atoms with Crippen molar-refractivity contribution in [2.75, 3.05) is 25.1 Å². The summed E-state index contributed by atoms with van der Waals surface area (Å²) in [5, 5.41) is 13.2. The lowest BCUT2D eigenvalue weighted by molar-refractivity contribution is -0.384. The van der Waals surface area contributed by atoms with Crippen molar-refractivity contribution in [3.63, 3.8) is 0 Å². The van der Waals surface area contributed by atoms with Crippen molar-refractivity contribution in [1.29, 1.82) is 0 Å². The van der Waals surface area contributed by atoms with E-state index in [0.29, 0.717) is 25.8 Å². The van der Waals surface area contributed by atoms with Gasteiger partial charge in [-0.3, -0.25) is 10.1 Å². The van der Waals surface area contributed by atoms with Crippen molar-refractivity contribution in [1.82, 2.24) is 0 Å². The zero-order chi connectivity index (χ0) is 15.8. The summed E-state index contributed by atoms with van der Waals surface area (Å²) < 4.78 is 43.2. The van der Waals surface area contributed by atoms with Crippen LogP contribution in [0.5, 0.6) is 0 Å². The third kappa shape index (κ3) is 3.38. The van der Waals surface area contributed by atoms with Gasteiger partial charge in [-0.05, 0) is 6.07 Å². The molecule has 116 valence electrons. The fourth-order valence-corrected chi connectivity index (χ4v) is 2.20. The number of nitro groups is 1. The minimum Gasteiger partial charge on any atom is -0.380 e. The van der Waals surface area contributed by atoms with E-state index in [0.717, 1.165) is 6.07 Å². The molecule has 1 fully saturated rings.